The number of thiazole rings is 1. The molecule has 1 aliphatic heterocycles. The van der Waals surface area contributed by atoms with Gasteiger partial charge in [0.15, 0.2) is 10.8 Å². The molecule has 184 valence electrons. The molecule has 2 N–H and O–H groups in total. The number of fused-ring (bicyclic) bond motifs is 2. The highest BCUT2D eigenvalue weighted by molar-refractivity contribution is 7.22. The Balaban J connectivity index is 1.24. The van der Waals surface area contributed by atoms with Gasteiger partial charge in [0.05, 0.1) is 6.04 Å². The summed E-state index contributed by atoms with van der Waals surface area (Å²) in [4.78, 5) is 49.1. The van der Waals surface area contributed by atoms with Crippen LogP contribution in [0.1, 0.15) is 50.3 Å². The lowest BCUT2D eigenvalue weighted by atomic mass is 9.96. The van der Waals surface area contributed by atoms with E-state index in [2.05, 4.69) is 31.6 Å². The number of aromatic nitrogens is 3. The number of benzene rings is 1. The van der Waals surface area contributed by atoms with Crippen molar-refractivity contribution in [2.45, 2.75) is 58.2 Å². The first kappa shape index (κ1) is 23.5. The summed E-state index contributed by atoms with van der Waals surface area (Å²) in [5, 5.41) is 6.78. The van der Waals surface area contributed by atoms with Crippen LogP contribution in [0.2, 0.25) is 0 Å². The molecule has 0 radical (unpaired) electrons. The molecule has 10 heteroatoms. The van der Waals surface area contributed by atoms with E-state index in [0.717, 1.165) is 36.4 Å². The molecule has 5 rings (SSSR count). The van der Waals surface area contributed by atoms with Crippen LogP contribution >= 0.6 is 11.3 Å². The van der Waals surface area contributed by atoms with E-state index in [0.29, 0.717) is 23.4 Å². The Morgan fingerprint density at radius 2 is 1.94 bits per heavy atom. The molecule has 0 bridgehead atoms. The first-order valence-corrected chi connectivity index (χ1v) is 13.0. The average Bonchev–Trinajstić information content (AvgIpc) is 3.46. The maximum absolute atomic E-state index is 13.1. The minimum absolute atomic E-state index is 0.00345. The summed E-state index contributed by atoms with van der Waals surface area (Å²) in [6.07, 6.45) is 4.70. The molecule has 1 unspecified atom stereocenters. The second kappa shape index (κ2) is 9.77. The van der Waals surface area contributed by atoms with Gasteiger partial charge in [-0.1, -0.05) is 35.6 Å². The number of hydrogen-bond donors (Lipinski definition) is 2. The lowest BCUT2D eigenvalue weighted by Crippen LogP contribution is -2.42. The van der Waals surface area contributed by atoms with E-state index < -0.39 is 0 Å². The van der Waals surface area contributed by atoms with Crippen molar-refractivity contribution in [3.8, 4) is 0 Å². The third kappa shape index (κ3) is 4.93. The summed E-state index contributed by atoms with van der Waals surface area (Å²) >= 11 is 1.30. The number of piperidine rings is 1. The van der Waals surface area contributed by atoms with E-state index in [1.807, 2.05) is 32.0 Å². The van der Waals surface area contributed by atoms with Crippen LogP contribution in [0.3, 0.4) is 0 Å². The molecule has 1 saturated heterocycles. The molecule has 1 aromatic carbocycles. The van der Waals surface area contributed by atoms with Gasteiger partial charge in [-0.2, -0.15) is 4.98 Å². The monoisotopic (exact) mass is 494 g/mol. The average molecular weight is 495 g/mol. The van der Waals surface area contributed by atoms with E-state index in [1.165, 1.54) is 27.8 Å². The van der Waals surface area contributed by atoms with Crippen molar-refractivity contribution in [2.75, 3.05) is 18.0 Å². The smallest absolute Gasteiger partial charge is 0.273 e. The predicted molar refractivity (Wildman–Crippen MR) is 136 cm³/mol. The second-order valence-corrected chi connectivity index (χ2v) is 10.6. The third-order valence-electron chi connectivity index (χ3n) is 6.72. The maximum atomic E-state index is 13.1. The normalized spacial score (nSPS) is 18.1. The molecule has 1 aliphatic carbocycles. The third-order valence-corrected chi connectivity index (χ3v) is 7.82. The molecule has 3 aromatic rings. The fraction of sp³-hybridized carbons (Fsp3) is 0.480. The van der Waals surface area contributed by atoms with Crippen LogP contribution in [0.25, 0.3) is 10.3 Å². The molecule has 2 aromatic heterocycles. The Kier molecular flexibility index (Phi) is 6.55. The fourth-order valence-corrected chi connectivity index (χ4v) is 5.94. The van der Waals surface area contributed by atoms with Crippen LogP contribution in [0.15, 0.2) is 35.4 Å². The Labute approximate surface area is 207 Å². The highest BCUT2D eigenvalue weighted by Gasteiger charge is 2.28. The van der Waals surface area contributed by atoms with E-state index in [1.54, 1.807) is 0 Å². The van der Waals surface area contributed by atoms with Crippen LogP contribution in [0.4, 0.5) is 5.13 Å². The van der Waals surface area contributed by atoms with Crippen molar-refractivity contribution >= 4 is 38.6 Å². The summed E-state index contributed by atoms with van der Waals surface area (Å²) < 4.78 is 1.80. The number of anilines is 1. The molecular formula is C25H30N6O3S. The van der Waals surface area contributed by atoms with Crippen molar-refractivity contribution in [3.05, 3.63) is 52.1 Å². The number of carbonyl (C=O) groups excluding carboxylic acids is 2. The first-order chi connectivity index (χ1) is 16.9. The van der Waals surface area contributed by atoms with Gasteiger partial charge in [-0.3, -0.25) is 19.0 Å². The van der Waals surface area contributed by atoms with Gasteiger partial charge in [-0.05, 0) is 50.7 Å². The summed E-state index contributed by atoms with van der Waals surface area (Å²) in [6.45, 7) is 5.26. The van der Waals surface area contributed by atoms with Gasteiger partial charge in [-0.15, -0.1) is 0 Å². The second-order valence-electron chi connectivity index (χ2n) is 9.61. The van der Waals surface area contributed by atoms with E-state index >= 15 is 0 Å². The maximum Gasteiger partial charge on any atom is 0.273 e. The van der Waals surface area contributed by atoms with Gasteiger partial charge in [0, 0.05) is 25.0 Å². The van der Waals surface area contributed by atoms with Crippen molar-refractivity contribution < 1.29 is 9.59 Å². The molecule has 0 spiro atoms. The van der Waals surface area contributed by atoms with Crippen molar-refractivity contribution in [1.29, 1.82) is 0 Å². The number of hydrogen-bond acceptors (Lipinski definition) is 7. The number of rotatable bonds is 6. The number of carbonyl (C=O) groups is 2. The Morgan fingerprint density at radius 1 is 1.17 bits per heavy atom. The van der Waals surface area contributed by atoms with Gasteiger partial charge in [0.2, 0.25) is 11.8 Å². The minimum atomic E-state index is -0.257. The zero-order chi connectivity index (χ0) is 24.5. The molecule has 1 fully saturated rings. The van der Waals surface area contributed by atoms with Crippen LogP contribution in [0.5, 0.6) is 0 Å². The molecule has 3 heterocycles. The minimum Gasteiger partial charge on any atom is -0.354 e. The van der Waals surface area contributed by atoms with Crippen LogP contribution in [0, 0.1) is 5.92 Å². The zero-order valence-corrected chi connectivity index (χ0v) is 20.8. The standard InChI is InChI=1S/C25H30N6O3S/c1-15(2)27-23(33)17-9-11-30(12-10-17)25-29-22-21(35-25)24(34)31(14-26-22)13-20(32)28-19-8-7-16-5-3-4-6-18(16)19/h3-6,14-15,17,19H,7-13H2,1-2H3,(H,27,33)(H,28,32). The number of aryl methyl sites for hydroxylation is 1. The van der Waals surface area contributed by atoms with E-state index in [4.69, 9.17) is 0 Å². The topological polar surface area (TPSA) is 109 Å². The summed E-state index contributed by atoms with van der Waals surface area (Å²) in [6, 6.07) is 8.24. The summed E-state index contributed by atoms with van der Waals surface area (Å²) in [5.41, 5.74) is 2.56. The highest BCUT2D eigenvalue weighted by atomic mass is 32.1. The zero-order valence-electron chi connectivity index (χ0n) is 20.0. The van der Waals surface area contributed by atoms with Gasteiger partial charge >= 0.3 is 0 Å². The molecular weight excluding hydrogens is 464 g/mol. The van der Waals surface area contributed by atoms with Crippen molar-refractivity contribution in [2.24, 2.45) is 5.92 Å². The van der Waals surface area contributed by atoms with Crippen LogP contribution < -0.4 is 21.1 Å². The lowest BCUT2D eigenvalue weighted by molar-refractivity contribution is -0.126. The predicted octanol–water partition coefficient (Wildman–Crippen LogP) is 2.40. The molecule has 35 heavy (non-hydrogen) atoms. The van der Waals surface area contributed by atoms with Gasteiger partial charge < -0.3 is 15.5 Å². The Bertz CT molecular complexity index is 1310. The Morgan fingerprint density at radius 3 is 2.71 bits per heavy atom. The largest absolute Gasteiger partial charge is 0.354 e. The molecule has 2 amide bonds. The van der Waals surface area contributed by atoms with Crippen molar-refractivity contribution in [3.63, 3.8) is 0 Å². The Hall–Kier alpha value is -3.27. The van der Waals surface area contributed by atoms with Crippen LogP contribution in [-0.2, 0) is 22.6 Å². The van der Waals surface area contributed by atoms with E-state index in [9.17, 15) is 14.4 Å². The SMILES string of the molecule is CC(C)NC(=O)C1CCN(c2nc3ncn(CC(=O)NC4CCc5ccccc54)c(=O)c3s2)CC1. The van der Waals surface area contributed by atoms with Gasteiger partial charge in [0.25, 0.3) is 5.56 Å². The fourth-order valence-electron chi connectivity index (χ4n) is 4.92. The molecule has 1 atom stereocenters. The lowest BCUT2D eigenvalue weighted by Gasteiger charge is -2.31. The number of nitrogens with one attached hydrogen (secondary N) is 2. The quantitative estimate of drug-likeness (QED) is 0.545. The highest BCUT2D eigenvalue weighted by Crippen LogP contribution is 2.31. The summed E-state index contributed by atoms with van der Waals surface area (Å²) in [7, 11) is 0. The van der Waals surface area contributed by atoms with Gasteiger partial charge in [0.1, 0.15) is 17.6 Å². The molecule has 2 aliphatic rings. The number of nitrogens with zero attached hydrogens (tertiary/aromatic N) is 4. The molecule has 9 nitrogen and oxygen atoms in total. The van der Waals surface area contributed by atoms with Gasteiger partial charge in [-0.25, -0.2) is 4.98 Å². The van der Waals surface area contributed by atoms with Crippen molar-refractivity contribution in [1.82, 2.24) is 25.2 Å². The first-order valence-electron chi connectivity index (χ1n) is 12.2. The summed E-state index contributed by atoms with van der Waals surface area (Å²) in [5.74, 6) is -0.0990. The van der Waals surface area contributed by atoms with E-state index in [-0.39, 0.29) is 41.9 Å². The molecule has 0 saturated carbocycles. The van der Waals surface area contributed by atoms with Crippen LogP contribution in [-0.4, -0.2) is 45.5 Å². The number of amides is 2.